The van der Waals surface area contributed by atoms with Gasteiger partial charge in [-0.15, -0.1) is 5.10 Å². The summed E-state index contributed by atoms with van der Waals surface area (Å²) in [6.45, 7) is 5.32. The Labute approximate surface area is 115 Å². The second-order valence-corrected chi connectivity index (χ2v) is 5.99. The fourth-order valence-corrected chi connectivity index (χ4v) is 3.55. The molecule has 2 aliphatic heterocycles. The van der Waals surface area contributed by atoms with Crippen LogP contribution >= 0.6 is 0 Å². The molecule has 2 fully saturated rings. The Hall–Kier alpha value is -1.16. The van der Waals surface area contributed by atoms with Crippen molar-refractivity contribution in [2.75, 3.05) is 11.4 Å². The maximum absolute atomic E-state index is 4.40. The van der Waals surface area contributed by atoms with Crippen molar-refractivity contribution >= 4 is 5.82 Å². The van der Waals surface area contributed by atoms with Crippen LogP contribution in [0.2, 0.25) is 0 Å². The molecular formula is C15H24N4. The lowest BCUT2D eigenvalue weighted by atomic mass is 9.98. The highest BCUT2D eigenvalue weighted by molar-refractivity contribution is 5.39. The van der Waals surface area contributed by atoms with Gasteiger partial charge in [-0.3, -0.25) is 0 Å². The van der Waals surface area contributed by atoms with Crippen molar-refractivity contribution in [1.82, 2.24) is 15.5 Å². The minimum Gasteiger partial charge on any atom is -0.352 e. The topological polar surface area (TPSA) is 41.1 Å². The Balaban J connectivity index is 1.78. The zero-order valence-corrected chi connectivity index (χ0v) is 12.0. The predicted octanol–water partition coefficient (Wildman–Crippen LogP) is 2.28. The van der Waals surface area contributed by atoms with Gasteiger partial charge < -0.3 is 10.2 Å². The molecule has 2 saturated heterocycles. The summed E-state index contributed by atoms with van der Waals surface area (Å²) < 4.78 is 0. The molecule has 4 nitrogen and oxygen atoms in total. The van der Waals surface area contributed by atoms with Crippen molar-refractivity contribution in [3.8, 4) is 0 Å². The molecule has 0 spiro atoms. The van der Waals surface area contributed by atoms with Gasteiger partial charge in [-0.1, -0.05) is 6.92 Å². The summed E-state index contributed by atoms with van der Waals surface area (Å²) in [6.07, 6.45) is 6.37. The molecule has 3 heterocycles. The molecule has 0 saturated carbocycles. The monoisotopic (exact) mass is 260 g/mol. The second-order valence-electron chi connectivity index (χ2n) is 5.99. The van der Waals surface area contributed by atoms with Crippen LogP contribution in [0, 0.1) is 6.92 Å². The molecule has 2 aliphatic rings. The summed E-state index contributed by atoms with van der Waals surface area (Å²) >= 11 is 0. The Kier molecular flexibility index (Phi) is 3.69. The van der Waals surface area contributed by atoms with Crippen molar-refractivity contribution in [3.63, 3.8) is 0 Å². The van der Waals surface area contributed by atoms with Crippen molar-refractivity contribution in [1.29, 1.82) is 0 Å². The van der Waals surface area contributed by atoms with Crippen LogP contribution in [0.1, 0.15) is 44.7 Å². The summed E-state index contributed by atoms with van der Waals surface area (Å²) in [5, 5.41) is 12.3. The zero-order valence-electron chi connectivity index (χ0n) is 12.0. The number of hydrogen-bond donors (Lipinski definition) is 1. The number of aryl methyl sites for hydroxylation is 1. The predicted molar refractivity (Wildman–Crippen MR) is 77.4 cm³/mol. The van der Waals surface area contributed by atoms with Gasteiger partial charge >= 0.3 is 0 Å². The van der Waals surface area contributed by atoms with E-state index in [2.05, 4.69) is 39.5 Å². The maximum atomic E-state index is 4.40. The van der Waals surface area contributed by atoms with Crippen LogP contribution in [-0.2, 0) is 0 Å². The molecule has 4 heteroatoms. The molecular weight excluding hydrogens is 236 g/mol. The zero-order chi connectivity index (χ0) is 13.2. The van der Waals surface area contributed by atoms with Gasteiger partial charge in [-0.25, -0.2) is 0 Å². The summed E-state index contributed by atoms with van der Waals surface area (Å²) in [5.41, 5.74) is 0.991. The van der Waals surface area contributed by atoms with E-state index < -0.39 is 0 Å². The van der Waals surface area contributed by atoms with E-state index in [4.69, 9.17) is 0 Å². The van der Waals surface area contributed by atoms with E-state index in [9.17, 15) is 0 Å². The van der Waals surface area contributed by atoms with Crippen LogP contribution in [-0.4, -0.2) is 34.9 Å². The fourth-order valence-electron chi connectivity index (χ4n) is 3.55. The molecule has 2 bridgehead atoms. The average Bonchev–Trinajstić information content (AvgIpc) is 2.76. The molecule has 2 unspecified atom stereocenters. The van der Waals surface area contributed by atoms with Crippen molar-refractivity contribution < 1.29 is 0 Å². The van der Waals surface area contributed by atoms with E-state index in [0.717, 1.165) is 36.6 Å². The number of piperidine rings is 1. The largest absolute Gasteiger partial charge is 0.352 e. The van der Waals surface area contributed by atoms with Gasteiger partial charge in [0.05, 0.1) is 5.69 Å². The van der Waals surface area contributed by atoms with E-state index in [0.29, 0.717) is 6.04 Å². The number of fused-ring (bicyclic) bond motifs is 2. The maximum Gasteiger partial charge on any atom is 0.151 e. The van der Waals surface area contributed by atoms with Crippen LogP contribution in [0.3, 0.4) is 0 Å². The standard InChI is InChI=1S/C15H24N4/c1-3-8-19(15-7-4-11(2)17-18-15)14-9-12-5-6-13(10-14)16-12/h4,7,12-14,16H,3,5-6,8-10H2,1-2H3. The van der Waals surface area contributed by atoms with Gasteiger partial charge in [-0.05, 0) is 51.2 Å². The Morgan fingerprint density at radius 2 is 1.95 bits per heavy atom. The third kappa shape index (κ3) is 2.73. The van der Waals surface area contributed by atoms with Crippen LogP contribution in [0.5, 0.6) is 0 Å². The summed E-state index contributed by atoms with van der Waals surface area (Å²) in [6, 6.07) is 6.28. The van der Waals surface area contributed by atoms with E-state index in [1.54, 1.807) is 0 Å². The second kappa shape index (κ2) is 5.45. The van der Waals surface area contributed by atoms with E-state index in [1.165, 1.54) is 25.7 Å². The number of aromatic nitrogens is 2. The van der Waals surface area contributed by atoms with Crippen LogP contribution in [0.25, 0.3) is 0 Å². The number of anilines is 1. The fraction of sp³-hybridized carbons (Fsp3) is 0.733. The number of rotatable bonds is 4. The first kappa shape index (κ1) is 12.9. The van der Waals surface area contributed by atoms with Gasteiger partial charge in [0, 0.05) is 24.7 Å². The molecule has 1 aromatic rings. The molecule has 0 aromatic carbocycles. The lowest BCUT2D eigenvalue weighted by Crippen LogP contribution is -2.49. The summed E-state index contributed by atoms with van der Waals surface area (Å²) in [5.74, 6) is 1.05. The molecule has 0 aliphatic carbocycles. The van der Waals surface area contributed by atoms with Crippen LogP contribution in [0.4, 0.5) is 5.82 Å². The van der Waals surface area contributed by atoms with Crippen molar-refractivity contribution in [2.24, 2.45) is 0 Å². The molecule has 1 aromatic heterocycles. The van der Waals surface area contributed by atoms with Gasteiger partial charge in [0.25, 0.3) is 0 Å². The Bertz CT molecular complexity index is 405. The molecule has 3 rings (SSSR count). The minimum atomic E-state index is 0.635. The molecule has 0 amide bonds. The van der Waals surface area contributed by atoms with E-state index in [1.807, 2.05) is 6.92 Å². The lowest BCUT2D eigenvalue weighted by Gasteiger charge is -2.38. The molecule has 104 valence electrons. The summed E-state index contributed by atoms with van der Waals surface area (Å²) in [7, 11) is 0. The first-order valence-electron chi connectivity index (χ1n) is 7.59. The average molecular weight is 260 g/mol. The van der Waals surface area contributed by atoms with Gasteiger partial charge in [0.2, 0.25) is 0 Å². The highest BCUT2D eigenvalue weighted by Crippen LogP contribution is 2.31. The summed E-state index contributed by atoms with van der Waals surface area (Å²) in [4.78, 5) is 2.48. The van der Waals surface area contributed by atoms with Crippen LogP contribution < -0.4 is 10.2 Å². The lowest BCUT2D eigenvalue weighted by molar-refractivity contribution is 0.345. The third-order valence-corrected chi connectivity index (χ3v) is 4.43. The Morgan fingerprint density at radius 3 is 2.53 bits per heavy atom. The molecule has 19 heavy (non-hydrogen) atoms. The SMILES string of the molecule is CCCN(c1ccc(C)nn1)C1CC2CCC(C1)N2. The van der Waals surface area contributed by atoms with Crippen LogP contribution in [0.15, 0.2) is 12.1 Å². The van der Waals surface area contributed by atoms with E-state index >= 15 is 0 Å². The number of hydrogen-bond acceptors (Lipinski definition) is 4. The first-order valence-corrected chi connectivity index (χ1v) is 7.59. The quantitative estimate of drug-likeness (QED) is 0.902. The highest BCUT2D eigenvalue weighted by Gasteiger charge is 2.36. The smallest absolute Gasteiger partial charge is 0.151 e. The molecule has 2 atom stereocenters. The number of nitrogens with one attached hydrogen (secondary N) is 1. The Morgan fingerprint density at radius 1 is 1.21 bits per heavy atom. The van der Waals surface area contributed by atoms with Gasteiger partial charge in [0.1, 0.15) is 0 Å². The van der Waals surface area contributed by atoms with Crippen molar-refractivity contribution in [2.45, 2.75) is 64.1 Å². The highest BCUT2D eigenvalue weighted by atomic mass is 15.3. The van der Waals surface area contributed by atoms with Gasteiger partial charge in [-0.2, -0.15) is 5.10 Å². The van der Waals surface area contributed by atoms with E-state index in [-0.39, 0.29) is 0 Å². The number of nitrogens with zero attached hydrogens (tertiary/aromatic N) is 3. The first-order chi connectivity index (χ1) is 9.26. The van der Waals surface area contributed by atoms with Gasteiger partial charge in [0.15, 0.2) is 5.82 Å². The molecule has 0 radical (unpaired) electrons. The normalized spacial score (nSPS) is 29.5. The van der Waals surface area contributed by atoms with Crippen molar-refractivity contribution in [3.05, 3.63) is 17.8 Å². The third-order valence-electron chi connectivity index (χ3n) is 4.43. The minimum absolute atomic E-state index is 0.635. The molecule has 1 N–H and O–H groups in total.